The molecule has 1 aromatic rings. The van der Waals surface area contributed by atoms with E-state index in [4.69, 9.17) is 5.73 Å². The van der Waals surface area contributed by atoms with Gasteiger partial charge in [0.25, 0.3) is 0 Å². The van der Waals surface area contributed by atoms with E-state index in [0.29, 0.717) is 21.9 Å². The number of rotatable bonds is 2. The molecule has 94 valence electrons. The van der Waals surface area contributed by atoms with Crippen LogP contribution in [-0.4, -0.2) is 6.04 Å². The molecule has 0 aliphatic heterocycles. The first kappa shape index (κ1) is 12.7. The normalized spacial score (nSPS) is 24.6. The van der Waals surface area contributed by atoms with E-state index < -0.39 is 0 Å². The van der Waals surface area contributed by atoms with Crippen LogP contribution in [0.2, 0.25) is 0 Å². The molecule has 0 amide bonds. The lowest BCUT2D eigenvalue weighted by Crippen LogP contribution is -2.26. The Morgan fingerprint density at radius 2 is 2.18 bits per heavy atom. The summed E-state index contributed by atoms with van der Waals surface area (Å²) in [4.78, 5) is 0. The molecule has 1 fully saturated rings. The zero-order valence-electron chi connectivity index (χ0n) is 9.97. The van der Waals surface area contributed by atoms with Gasteiger partial charge in [0.2, 0.25) is 0 Å². The van der Waals surface area contributed by atoms with Crippen molar-refractivity contribution in [1.29, 1.82) is 0 Å². The van der Waals surface area contributed by atoms with Crippen LogP contribution in [0.15, 0.2) is 16.6 Å². The van der Waals surface area contributed by atoms with Crippen LogP contribution in [-0.2, 0) is 0 Å². The molecule has 2 nitrogen and oxygen atoms in total. The summed E-state index contributed by atoms with van der Waals surface area (Å²) in [6.45, 7) is 2.26. The molecule has 17 heavy (non-hydrogen) atoms. The average molecular weight is 301 g/mol. The zero-order chi connectivity index (χ0) is 12.4. The maximum atomic E-state index is 13.4. The minimum atomic E-state index is -0.273. The fourth-order valence-electron chi connectivity index (χ4n) is 2.47. The molecule has 3 N–H and O–H groups in total. The Labute approximate surface area is 110 Å². The van der Waals surface area contributed by atoms with Gasteiger partial charge in [0.05, 0.1) is 15.8 Å². The highest BCUT2D eigenvalue weighted by Crippen LogP contribution is 2.30. The molecule has 1 aromatic carbocycles. The lowest BCUT2D eigenvalue weighted by atomic mass is 9.87. The van der Waals surface area contributed by atoms with Gasteiger partial charge in [-0.05, 0) is 40.8 Å². The van der Waals surface area contributed by atoms with Gasteiger partial charge in [0, 0.05) is 12.1 Å². The standard InChI is InChI=1S/C13H18BrFN2/c1-8-3-2-4-9(5-8)17-13-7-11(15)10(14)6-12(13)16/h6-9,17H,2-5,16H2,1H3. The Morgan fingerprint density at radius 3 is 2.88 bits per heavy atom. The van der Waals surface area contributed by atoms with Gasteiger partial charge in [-0.1, -0.05) is 19.8 Å². The average Bonchev–Trinajstić information content (AvgIpc) is 2.26. The molecule has 0 radical (unpaired) electrons. The highest BCUT2D eigenvalue weighted by atomic mass is 79.9. The van der Waals surface area contributed by atoms with E-state index in [2.05, 4.69) is 28.2 Å². The van der Waals surface area contributed by atoms with Crippen LogP contribution < -0.4 is 11.1 Å². The van der Waals surface area contributed by atoms with Gasteiger partial charge in [-0.2, -0.15) is 0 Å². The third kappa shape index (κ3) is 3.12. The number of hydrogen-bond acceptors (Lipinski definition) is 2. The minimum Gasteiger partial charge on any atom is -0.397 e. The Bertz CT molecular complexity index is 409. The number of nitrogens with two attached hydrogens (primary N) is 1. The van der Waals surface area contributed by atoms with Crippen molar-refractivity contribution < 1.29 is 4.39 Å². The fraction of sp³-hybridized carbons (Fsp3) is 0.538. The number of nitrogen functional groups attached to an aromatic ring is 1. The molecule has 1 saturated carbocycles. The van der Waals surface area contributed by atoms with Crippen LogP contribution in [0, 0.1) is 11.7 Å². The molecule has 0 heterocycles. The first-order chi connectivity index (χ1) is 8.06. The predicted octanol–water partition coefficient (Wildman–Crippen LogP) is 4.16. The maximum Gasteiger partial charge on any atom is 0.139 e. The molecule has 2 unspecified atom stereocenters. The highest BCUT2D eigenvalue weighted by Gasteiger charge is 2.19. The van der Waals surface area contributed by atoms with Crippen molar-refractivity contribution in [3.63, 3.8) is 0 Å². The van der Waals surface area contributed by atoms with E-state index in [0.717, 1.165) is 18.8 Å². The first-order valence-electron chi connectivity index (χ1n) is 6.07. The summed E-state index contributed by atoms with van der Waals surface area (Å²) in [5.74, 6) is 0.466. The topological polar surface area (TPSA) is 38.0 Å². The lowest BCUT2D eigenvalue weighted by Gasteiger charge is -2.28. The Balaban J connectivity index is 2.10. The quantitative estimate of drug-likeness (QED) is 0.805. The molecule has 0 aromatic heterocycles. The Morgan fingerprint density at radius 1 is 1.41 bits per heavy atom. The molecular formula is C13H18BrFN2. The van der Waals surface area contributed by atoms with Crippen molar-refractivity contribution >= 4 is 27.3 Å². The van der Waals surface area contributed by atoms with Gasteiger partial charge in [-0.25, -0.2) is 4.39 Å². The largest absolute Gasteiger partial charge is 0.397 e. The second-order valence-corrected chi connectivity index (χ2v) is 5.82. The summed E-state index contributed by atoms with van der Waals surface area (Å²) in [6.07, 6.45) is 4.80. The van der Waals surface area contributed by atoms with Crippen LogP contribution >= 0.6 is 15.9 Å². The summed E-state index contributed by atoms with van der Waals surface area (Å²) in [7, 11) is 0. The van der Waals surface area contributed by atoms with Crippen molar-refractivity contribution in [2.45, 2.75) is 38.6 Å². The smallest absolute Gasteiger partial charge is 0.139 e. The molecule has 0 saturated heterocycles. The van der Waals surface area contributed by atoms with E-state index in [1.165, 1.54) is 18.9 Å². The molecule has 0 bridgehead atoms. The van der Waals surface area contributed by atoms with Gasteiger partial charge >= 0.3 is 0 Å². The molecule has 4 heteroatoms. The summed E-state index contributed by atoms with van der Waals surface area (Å²) < 4.78 is 13.9. The van der Waals surface area contributed by atoms with Crippen LogP contribution in [0.4, 0.5) is 15.8 Å². The van der Waals surface area contributed by atoms with Gasteiger partial charge in [0.15, 0.2) is 0 Å². The van der Waals surface area contributed by atoms with Gasteiger partial charge in [-0.3, -0.25) is 0 Å². The number of hydrogen-bond donors (Lipinski definition) is 2. The van der Waals surface area contributed by atoms with Gasteiger partial charge in [-0.15, -0.1) is 0 Å². The van der Waals surface area contributed by atoms with Gasteiger partial charge < -0.3 is 11.1 Å². The molecular weight excluding hydrogens is 283 g/mol. The minimum absolute atomic E-state index is 0.273. The zero-order valence-corrected chi connectivity index (χ0v) is 11.6. The molecule has 1 aliphatic carbocycles. The highest BCUT2D eigenvalue weighted by molar-refractivity contribution is 9.10. The summed E-state index contributed by atoms with van der Waals surface area (Å²) in [5, 5.41) is 3.36. The van der Waals surface area contributed by atoms with Crippen LogP contribution in [0.5, 0.6) is 0 Å². The molecule has 0 spiro atoms. The van der Waals surface area contributed by atoms with Crippen molar-refractivity contribution in [1.82, 2.24) is 0 Å². The summed E-state index contributed by atoms with van der Waals surface area (Å²) in [5.41, 5.74) is 7.19. The third-order valence-electron chi connectivity index (χ3n) is 3.39. The van der Waals surface area contributed by atoms with Crippen molar-refractivity contribution in [3.8, 4) is 0 Å². The van der Waals surface area contributed by atoms with E-state index >= 15 is 0 Å². The monoisotopic (exact) mass is 300 g/mol. The second-order valence-electron chi connectivity index (χ2n) is 4.97. The third-order valence-corrected chi connectivity index (χ3v) is 4.00. The maximum absolute atomic E-state index is 13.4. The number of benzene rings is 1. The number of anilines is 2. The molecule has 1 aliphatic rings. The molecule has 2 atom stereocenters. The van der Waals surface area contributed by atoms with E-state index in [1.807, 2.05) is 0 Å². The lowest BCUT2D eigenvalue weighted by molar-refractivity contribution is 0.358. The SMILES string of the molecule is CC1CCCC(Nc2cc(F)c(Br)cc2N)C1. The van der Waals surface area contributed by atoms with E-state index in [-0.39, 0.29) is 5.82 Å². The predicted molar refractivity (Wildman–Crippen MR) is 73.6 cm³/mol. The van der Waals surface area contributed by atoms with Crippen LogP contribution in [0.1, 0.15) is 32.6 Å². The summed E-state index contributed by atoms with van der Waals surface area (Å²) in [6, 6.07) is 3.50. The van der Waals surface area contributed by atoms with Crippen LogP contribution in [0.3, 0.4) is 0 Å². The number of nitrogens with one attached hydrogen (secondary N) is 1. The van der Waals surface area contributed by atoms with E-state index in [9.17, 15) is 4.39 Å². The van der Waals surface area contributed by atoms with E-state index in [1.54, 1.807) is 6.07 Å². The Kier molecular flexibility index (Phi) is 3.92. The van der Waals surface area contributed by atoms with Gasteiger partial charge in [0.1, 0.15) is 5.82 Å². The van der Waals surface area contributed by atoms with Crippen molar-refractivity contribution in [2.24, 2.45) is 5.92 Å². The van der Waals surface area contributed by atoms with Crippen molar-refractivity contribution in [2.75, 3.05) is 11.1 Å². The second kappa shape index (κ2) is 5.25. The van der Waals surface area contributed by atoms with Crippen LogP contribution in [0.25, 0.3) is 0 Å². The number of halogens is 2. The Hall–Kier alpha value is -0.770. The van der Waals surface area contributed by atoms with Crippen molar-refractivity contribution in [3.05, 3.63) is 22.4 Å². The first-order valence-corrected chi connectivity index (χ1v) is 6.86. The fourth-order valence-corrected chi connectivity index (χ4v) is 2.83. The molecule has 2 rings (SSSR count). The summed E-state index contributed by atoms with van der Waals surface area (Å²) >= 11 is 3.13.